The second-order valence-corrected chi connectivity index (χ2v) is 4.53. The van der Waals surface area contributed by atoms with Crippen molar-refractivity contribution < 1.29 is 14.2 Å². The Morgan fingerprint density at radius 1 is 1.00 bits per heavy atom. The standard InChI is InChI=1S/C16H20N2O3/c1-11(13-7-5-6-8-17-13)18-12-9-14(19-2)16(21-4)15(10-12)20-3/h5-11,18H,1-4H3. The molecule has 21 heavy (non-hydrogen) atoms. The number of aromatic nitrogens is 1. The average Bonchev–Trinajstić information content (AvgIpc) is 2.54. The molecule has 0 aliphatic rings. The maximum Gasteiger partial charge on any atom is 0.203 e. The minimum atomic E-state index is 0.0639. The molecule has 0 saturated heterocycles. The van der Waals surface area contributed by atoms with E-state index in [0.717, 1.165) is 11.4 Å². The summed E-state index contributed by atoms with van der Waals surface area (Å²) in [5.41, 5.74) is 1.84. The molecule has 2 aromatic rings. The smallest absolute Gasteiger partial charge is 0.203 e. The van der Waals surface area contributed by atoms with E-state index in [1.807, 2.05) is 37.3 Å². The highest BCUT2D eigenvalue weighted by Crippen LogP contribution is 2.40. The number of ether oxygens (including phenoxy) is 3. The molecular weight excluding hydrogens is 268 g/mol. The first kappa shape index (κ1) is 15.0. The molecule has 0 saturated carbocycles. The summed E-state index contributed by atoms with van der Waals surface area (Å²) in [6, 6.07) is 9.66. The Bertz CT molecular complexity index is 562. The summed E-state index contributed by atoms with van der Waals surface area (Å²) < 4.78 is 16.0. The van der Waals surface area contributed by atoms with Crippen LogP contribution in [0.4, 0.5) is 5.69 Å². The van der Waals surface area contributed by atoms with Crippen LogP contribution in [-0.4, -0.2) is 26.3 Å². The van der Waals surface area contributed by atoms with Gasteiger partial charge in [-0.15, -0.1) is 0 Å². The molecule has 1 atom stereocenters. The fourth-order valence-electron chi connectivity index (χ4n) is 2.12. The van der Waals surface area contributed by atoms with E-state index in [1.165, 1.54) is 0 Å². The first-order chi connectivity index (χ1) is 10.2. The van der Waals surface area contributed by atoms with Crippen molar-refractivity contribution in [1.82, 2.24) is 4.98 Å². The Kier molecular flexibility index (Phi) is 4.87. The molecule has 5 nitrogen and oxygen atoms in total. The van der Waals surface area contributed by atoms with Gasteiger partial charge in [0.2, 0.25) is 5.75 Å². The van der Waals surface area contributed by atoms with Gasteiger partial charge in [-0.3, -0.25) is 4.98 Å². The maximum atomic E-state index is 5.35. The fourth-order valence-corrected chi connectivity index (χ4v) is 2.12. The van der Waals surface area contributed by atoms with Gasteiger partial charge in [-0.2, -0.15) is 0 Å². The van der Waals surface area contributed by atoms with Crippen molar-refractivity contribution in [2.75, 3.05) is 26.6 Å². The van der Waals surface area contributed by atoms with E-state index < -0.39 is 0 Å². The van der Waals surface area contributed by atoms with Crippen molar-refractivity contribution >= 4 is 5.69 Å². The molecule has 1 aromatic carbocycles. The Hall–Kier alpha value is -2.43. The van der Waals surface area contributed by atoms with E-state index in [1.54, 1.807) is 27.5 Å². The van der Waals surface area contributed by atoms with Crippen LogP contribution in [0, 0.1) is 0 Å². The monoisotopic (exact) mass is 288 g/mol. The predicted octanol–water partition coefficient (Wildman–Crippen LogP) is 3.28. The molecule has 1 aromatic heterocycles. The topological polar surface area (TPSA) is 52.6 Å². The summed E-state index contributed by atoms with van der Waals surface area (Å²) >= 11 is 0. The van der Waals surface area contributed by atoms with Crippen LogP contribution in [0.2, 0.25) is 0 Å². The minimum Gasteiger partial charge on any atom is -0.493 e. The van der Waals surface area contributed by atoms with Crippen LogP contribution in [0.1, 0.15) is 18.7 Å². The van der Waals surface area contributed by atoms with Crippen LogP contribution < -0.4 is 19.5 Å². The van der Waals surface area contributed by atoms with E-state index >= 15 is 0 Å². The van der Waals surface area contributed by atoms with Crippen LogP contribution in [0.15, 0.2) is 36.5 Å². The molecule has 1 unspecified atom stereocenters. The number of rotatable bonds is 6. The van der Waals surface area contributed by atoms with Gasteiger partial charge in [-0.1, -0.05) is 6.07 Å². The lowest BCUT2D eigenvalue weighted by Crippen LogP contribution is -2.08. The Balaban J connectivity index is 2.28. The molecule has 112 valence electrons. The summed E-state index contributed by atoms with van der Waals surface area (Å²) in [5.74, 6) is 1.82. The summed E-state index contributed by atoms with van der Waals surface area (Å²) in [4.78, 5) is 4.34. The molecule has 1 heterocycles. The minimum absolute atomic E-state index is 0.0639. The summed E-state index contributed by atoms with van der Waals surface area (Å²) in [6.07, 6.45) is 1.78. The molecule has 0 bridgehead atoms. The van der Waals surface area contributed by atoms with Crippen molar-refractivity contribution in [1.29, 1.82) is 0 Å². The molecule has 0 aliphatic carbocycles. The molecule has 0 radical (unpaired) electrons. The van der Waals surface area contributed by atoms with Gasteiger partial charge >= 0.3 is 0 Å². The molecule has 0 spiro atoms. The normalized spacial score (nSPS) is 11.6. The summed E-state index contributed by atoms with van der Waals surface area (Å²) in [6.45, 7) is 2.05. The molecule has 2 rings (SSSR count). The molecule has 0 amide bonds. The SMILES string of the molecule is COc1cc(NC(C)c2ccccn2)cc(OC)c1OC. The quantitative estimate of drug-likeness (QED) is 0.884. The number of pyridine rings is 1. The second kappa shape index (κ2) is 6.83. The van der Waals surface area contributed by atoms with E-state index in [9.17, 15) is 0 Å². The lowest BCUT2D eigenvalue weighted by atomic mass is 10.2. The first-order valence-electron chi connectivity index (χ1n) is 6.67. The molecule has 1 N–H and O–H groups in total. The molecule has 5 heteroatoms. The largest absolute Gasteiger partial charge is 0.493 e. The lowest BCUT2D eigenvalue weighted by Gasteiger charge is -2.18. The van der Waals surface area contributed by atoms with Gasteiger partial charge in [0, 0.05) is 24.0 Å². The van der Waals surface area contributed by atoms with Gasteiger partial charge in [0.15, 0.2) is 11.5 Å². The van der Waals surface area contributed by atoms with Gasteiger partial charge in [-0.25, -0.2) is 0 Å². The van der Waals surface area contributed by atoms with E-state index in [-0.39, 0.29) is 6.04 Å². The third-order valence-electron chi connectivity index (χ3n) is 3.18. The highest BCUT2D eigenvalue weighted by molar-refractivity contribution is 5.63. The van der Waals surface area contributed by atoms with Crippen molar-refractivity contribution in [3.8, 4) is 17.2 Å². The average molecular weight is 288 g/mol. The maximum absolute atomic E-state index is 5.35. The van der Waals surface area contributed by atoms with Gasteiger partial charge < -0.3 is 19.5 Å². The summed E-state index contributed by atoms with van der Waals surface area (Å²) in [5, 5.41) is 3.38. The molecule has 0 fully saturated rings. The number of benzene rings is 1. The number of nitrogens with one attached hydrogen (secondary N) is 1. The first-order valence-corrected chi connectivity index (χ1v) is 6.67. The van der Waals surface area contributed by atoms with Crippen molar-refractivity contribution in [3.63, 3.8) is 0 Å². The van der Waals surface area contributed by atoms with Crippen LogP contribution in [-0.2, 0) is 0 Å². The number of nitrogens with zero attached hydrogens (tertiary/aromatic N) is 1. The number of hydrogen-bond acceptors (Lipinski definition) is 5. The lowest BCUT2D eigenvalue weighted by molar-refractivity contribution is 0.324. The van der Waals surface area contributed by atoms with Gasteiger partial charge in [0.25, 0.3) is 0 Å². The third-order valence-corrected chi connectivity index (χ3v) is 3.18. The predicted molar refractivity (Wildman–Crippen MR) is 82.4 cm³/mol. The van der Waals surface area contributed by atoms with E-state index in [0.29, 0.717) is 17.2 Å². The van der Waals surface area contributed by atoms with Crippen LogP contribution in [0.25, 0.3) is 0 Å². The number of anilines is 1. The van der Waals surface area contributed by atoms with Gasteiger partial charge in [-0.05, 0) is 19.1 Å². The second-order valence-electron chi connectivity index (χ2n) is 4.53. The third kappa shape index (κ3) is 3.37. The Morgan fingerprint density at radius 3 is 2.14 bits per heavy atom. The zero-order valence-electron chi connectivity index (χ0n) is 12.7. The summed E-state index contributed by atoms with van der Waals surface area (Å²) in [7, 11) is 4.79. The fraction of sp³-hybridized carbons (Fsp3) is 0.312. The number of methoxy groups -OCH3 is 3. The van der Waals surface area contributed by atoms with E-state index in [4.69, 9.17) is 14.2 Å². The van der Waals surface area contributed by atoms with Gasteiger partial charge in [0.1, 0.15) is 0 Å². The van der Waals surface area contributed by atoms with Gasteiger partial charge in [0.05, 0.1) is 33.1 Å². The Labute approximate surface area is 124 Å². The van der Waals surface area contributed by atoms with Crippen LogP contribution in [0.3, 0.4) is 0 Å². The van der Waals surface area contributed by atoms with Crippen molar-refractivity contribution in [2.45, 2.75) is 13.0 Å². The highest BCUT2D eigenvalue weighted by atomic mass is 16.5. The van der Waals surface area contributed by atoms with Crippen molar-refractivity contribution in [2.24, 2.45) is 0 Å². The molecular formula is C16H20N2O3. The molecule has 0 aliphatic heterocycles. The highest BCUT2D eigenvalue weighted by Gasteiger charge is 2.14. The number of hydrogen-bond donors (Lipinski definition) is 1. The Morgan fingerprint density at radius 2 is 1.67 bits per heavy atom. The zero-order chi connectivity index (χ0) is 15.2. The van der Waals surface area contributed by atoms with Crippen molar-refractivity contribution in [3.05, 3.63) is 42.2 Å². The van der Waals surface area contributed by atoms with Crippen LogP contribution in [0.5, 0.6) is 17.2 Å². The van der Waals surface area contributed by atoms with Crippen LogP contribution >= 0.6 is 0 Å². The van der Waals surface area contributed by atoms with E-state index in [2.05, 4.69) is 10.3 Å². The zero-order valence-corrected chi connectivity index (χ0v) is 12.7.